The summed E-state index contributed by atoms with van der Waals surface area (Å²) < 4.78 is 2.07. The van der Waals surface area contributed by atoms with Crippen LogP contribution in [0.1, 0.15) is 18.4 Å². The van der Waals surface area contributed by atoms with E-state index in [2.05, 4.69) is 57.0 Å². The van der Waals surface area contributed by atoms with Gasteiger partial charge >= 0.3 is 0 Å². The molecular formula is C24H23Cl2N5S. The van der Waals surface area contributed by atoms with Gasteiger partial charge in [-0.2, -0.15) is 0 Å². The highest BCUT2D eigenvalue weighted by Gasteiger charge is 2.35. The Morgan fingerprint density at radius 1 is 0.969 bits per heavy atom. The van der Waals surface area contributed by atoms with Crippen LogP contribution in [0.2, 0.25) is 10.0 Å². The van der Waals surface area contributed by atoms with E-state index >= 15 is 0 Å². The van der Waals surface area contributed by atoms with Crippen molar-refractivity contribution in [1.29, 1.82) is 0 Å². The number of nitrogens with zero attached hydrogens (tertiary/aromatic N) is 4. The van der Waals surface area contributed by atoms with Crippen molar-refractivity contribution in [2.45, 2.75) is 28.2 Å². The average Bonchev–Trinajstić information content (AvgIpc) is 3.33. The summed E-state index contributed by atoms with van der Waals surface area (Å²) in [5.74, 6) is 0.914. The van der Waals surface area contributed by atoms with Gasteiger partial charge in [-0.15, -0.1) is 0 Å². The summed E-state index contributed by atoms with van der Waals surface area (Å²) in [7, 11) is 2.06. The molecule has 32 heavy (non-hydrogen) atoms. The van der Waals surface area contributed by atoms with E-state index < -0.39 is 0 Å². The van der Waals surface area contributed by atoms with Gasteiger partial charge in [0.05, 0.1) is 14.9 Å². The number of nitrogens with one attached hydrogen (secondary N) is 1. The molecule has 0 spiro atoms. The lowest BCUT2D eigenvalue weighted by atomic mass is 9.81. The first kappa shape index (κ1) is 21.6. The zero-order valence-electron chi connectivity index (χ0n) is 17.6. The van der Waals surface area contributed by atoms with Gasteiger partial charge in [-0.1, -0.05) is 71.4 Å². The number of piperidine rings is 1. The second kappa shape index (κ2) is 8.94. The van der Waals surface area contributed by atoms with E-state index in [1.807, 2.05) is 30.7 Å². The number of fused-ring (bicyclic) bond motifs is 1. The van der Waals surface area contributed by atoms with Crippen LogP contribution in [0.15, 0.2) is 76.9 Å². The van der Waals surface area contributed by atoms with E-state index in [9.17, 15) is 0 Å². The Morgan fingerprint density at radius 3 is 2.50 bits per heavy atom. The van der Waals surface area contributed by atoms with Crippen molar-refractivity contribution in [3.8, 4) is 0 Å². The van der Waals surface area contributed by atoms with Crippen molar-refractivity contribution in [2.24, 2.45) is 0 Å². The lowest BCUT2D eigenvalue weighted by molar-refractivity contribution is 0.281. The molecule has 4 aromatic rings. The van der Waals surface area contributed by atoms with Gasteiger partial charge in [0.25, 0.3) is 0 Å². The maximum absolute atomic E-state index is 6.40. The molecule has 1 saturated heterocycles. The number of anilines is 1. The molecule has 0 amide bonds. The number of rotatable bonds is 5. The summed E-state index contributed by atoms with van der Waals surface area (Å²) in [6.07, 6.45) is 7.67. The summed E-state index contributed by atoms with van der Waals surface area (Å²) in [6, 6.07) is 16.4. The maximum Gasteiger partial charge on any atom is 0.211 e. The monoisotopic (exact) mass is 483 g/mol. The molecule has 0 atom stereocenters. The summed E-state index contributed by atoms with van der Waals surface area (Å²) in [5, 5.41) is 4.68. The third-order valence-corrected chi connectivity index (χ3v) is 8.21. The van der Waals surface area contributed by atoms with Crippen LogP contribution in [0.4, 0.5) is 5.95 Å². The summed E-state index contributed by atoms with van der Waals surface area (Å²) >= 11 is 14.1. The first-order valence-corrected chi connectivity index (χ1v) is 12.1. The van der Waals surface area contributed by atoms with E-state index in [0.717, 1.165) is 47.3 Å². The topological polar surface area (TPSA) is 45.5 Å². The molecule has 1 aliphatic heterocycles. The fourth-order valence-electron chi connectivity index (χ4n) is 4.40. The molecule has 5 nitrogen and oxygen atoms in total. The van der Waals surface area contributed by atoms with Crippen molar-refractivity contribution in [3.05, 3.63) is 82.7 Å². The van der Waals surface area contributed by atoms with Gasteiger partial charge in [-0.25, -0.2) is 9.97 Å². The van der Waals surface area contributed by atoms with Crippen LogP contribution in [-0.4, -0.2) is 34.5 Å². The molecule has 0 bridgehead atoms. The molecule has 3 heterocycles. The average molecular weight is 484 g/mol. The van der Waals surface area contributed by atoms with Crippen LogP contribution >= 0.6 is 35.0 Å². The first-order valence-electron chi connectivity index (χ1n) is 10.5. The van der Waals surface area contributed by atoms with Gasteiger partial charge in [-0.3, -0.25) is 4.40 Å². The second-order valence-corrected chi connectivity index (χ2v) is 9.75. The SMILES string of the molecule is CNC1(c2ccccc2)CCN(c2ncc(Sc3cccc(Cl)c3Cl)c3nccn23)CC1. The lowest BCUT2D eigenvalue weighted by Crippen LogP contribution is -2.50. The minimum absolute atomic E-state index is 0.00900. The van der Waals surface area contributed by atoms with Gasteiger partial charge in [0.1, 0.15) is 0 Å². The smallest absolute Gasteiger partial charge is 0.211 e. The Bertz CT molecular complexity index is 1240. The van der Waals surface area contributed by atoms with Crippen molar-refractivity contribution in [1.82, 2.24) is 19.7 Å². The Hall–Kier alpha value is -2.25. The Balaban J connectivity index is 1.41. The van der Waals surface area contributed by atoms with E-state index in [0.29, 0.717) is 10.0 Å². The summed E-state index contributed by atoms with van der Waals surface area (Å²) in [4.78, 5) is 13.6. The first-order chi connectivity index (χ1) is 15.6. The number of halogens is 2. The van der Waals surface area contributed by atoms with E-state index in [1.54, 1.807) is 6.07 Å². The molecule has 164 valence electrons. The highest BCUT2D eigenvalue weighted by molar-refractivity contribution is 7.99. The predicted octanol–water partition coefficient (Wildman–Crippen LogP) is 5.90. The molecule has 2 aromatic heterocycles. The molecule has 1 fully saturated rings. The normalized spacial score (nSPS) is 15.9. The third-order valence-electron chi connectivity index (χ3n) is 6.21. The van der Waals surface area contributed by atoms with Gasteiger partial charge in [0.2, 0.25) is 5.95 Å². The van der Waals surface area contributed by atoms with Crippen LogP contribution in [0.3, 0.4) is 0 Å². The molecule has 0 unspecified atom stereocenters. The van der Waals surface area contributed by atoms with Crippen molar-refractivity contribution < 1.29 is 0 Å². The Labute approximate surface area is 201 Å². The van der Waals surface area contributed by atoms with Gasteiger partial charge in [0, 0.05) is 42.1 Å². The Kier molecular flexibility index (Phi) is 6.03. The van der Waals surface area contributed by atoms with E-state index in [4.69, 9.17) is 28.2 Å². The van der Waals surface area contributed by atoms with Crippen LogP contribution in [-0.2, 0) is 5.54 Å². The van der Waals surface area contributed by atoms with E-state index in [1.165, 1.54) is 17.3 Å². The summed E-state index contributed by atoms with van der Waals surface area (Å²) in [5.41, 5.74) is 2.20. The zero-order valence-corrected chi connectivity index (χ0v) is 20.0. The maximum atomic E-state index is 6.40. The van der Waals surface area contributed by atoms with Gasteiger partial charge < -0.3 is 10.2 Å². The van der Waals surface area contributed by atoms with Crippen molar-refractivity contribution in [2.75, 3.05) is 25.0 Å². The number of aromatic nitrogens is 3. The zero-order chi connectivity index (χ0) is 22.1. The van der Waals surface area contributed by atoms with Crippen LogP contribution in [0.25, 0.3) is 5.65 Å². The minimum atomic E-state index is -0.00900. The molecular weight excluding hydrogens is 461 g/mol. The fraction of sp³-hybridized carbons (Fsp3) is 0.250. The fourth-order valence-corrected chi connectivity index (χ4v) is 5.80. The quantitative estimate of drug-likeness (QED) is 0.382. The number of imidazole rings is 1. The number of hydrogen-bond donors (Lipinski definition) is 1. The third kappa shape index (κ3) is 3.86. The molecule has 8 heteroatoms. The largest absolute Gasteiger partial charge is 0.342 e. The summed E-state index contributed by atoms with van der Waals surface area (Å²) in [6.45, 7) is 1.81. The van der Waals surface area contributed by atoms with E-state index in [-0.39, 0.29) is 5.54 Å². The number of hydrogen-bond acceptors (Lipinski definition) is 5. The molecule has 5 rings (SSSR count). The standard InChI is InChI=1S/C24H23Cl2N5S/c1-27-24(17-6-3-2-4-7-17)10-13-30(14-11-24)23-29-16-20(22-28-12-15-31(22)23)32-19-9-5-8-18(25)21(19)26/h2-9,12,15-16,27H,10-11,13-14H2,1H3. The van der Waals surface area contributed by atoms with Crippen molar-refractivity contribution in [3.63, 3.8) is 0 Å². The Morgan fingerprint density at radius 2 is 1.75 bits per heavy atom. The van der Waals surface area contributed by atoms with Gasteiger partial charge in [-0.05, 0) is 37.6 Å². The van der Waals surface area contributed by atoms with Crippen LogP contribution in [0, 0.1) is 0 Å². The molecule has 0 aliphatic carbocycles. The second-order valence-electron chi connectivity index (χ2n) is 7.88. The number of benzene rings is 2. The highest BCUT2D eigenvalue weighted by atomic mass is 35.5. The highest BCUT2D eigenvalue weighted by Crippen LogP contribution is 2.39. The molecule has 0 saturated carbocycles. The van der Waals surface area contributed by atoms with Crippen LogP contribution < -0.4 is 10.2 Å². The minimum Gasteiger partial charge on any atom is -0.342 e. The molecule has 1 aliphatic rings. The molecule has 2 aromatic carbocycles. The van der Waals surface area contributed by atoms with Gasteiger partial charge in [0.15, 0.2) is 5.65 Å². The van der Waals surface area contributed by atoms with Crippen molar-refractivity contribution >= 4 is 46.6 Å². The molecule has 1 N–H and O–H groups in total. The predicted molar refractivity (Wildman–Crippen MR) is 132 cm³/mol. The lowest BCUT2D eigenvalue weighted by Gasteiger charge is -2.42. The molecule has 0 radical (unpaired) electrons. The van der Waals surface area contributed by atoms with Crippen LogP contribution in [0.5, 0.6) is 0 Å².